The molecule has 1 amide bonds. The van der Waals surface area contributed by atoms with Crippen molar-refractivity contribution in [3.8, 4) is 5.75 Å². The summed E-state index contributed by atoms with van der Waals surface area (Å²) in [5.41, 5.74) is 6.33. The molecule has 0 aliphatic heterocycles. The lowest BCUT2D eigenvalue weighted by atomic mass is 9.86. The average molecular weight is 277 g/mol. The third kappa shape index (κ3) is 4.53. The minimum Gasteiger partial charge on any atom is -0.484 e. The molecule has 1 saturated carbocycles. The molecule has 1 aliphatic carbocycles. The van der Waals surface area contributed by atoms with E-state index in [1.54, 1.807) is 0 Å². The molecular formula is C16H25N2O2+. The van der Waals surface area contributed by atoms with E-state index in [-0.39, 0.29) is 6.61 Å². The van der Waals surface area contributed by atoms with Crippen LogP contribution in [0.15, 0.2) is 24.3 Å². The summed E-state index contributed by atoms with van der Waals surface area (Å²) in [6, 6.07) is 8.67. The average Bonchev–Trinajstić information content (AvgIpc) is 2.45. The van der Waals surface area contributed by atoms with Gasteiger partial charge in [0.1, 0.15) is 12.3 Å². The van der Waals surface area contributed by atoms with Crippen molar-refractivity contribution in [3.05, 3.63) is 29.8 Å². The Labute approximate surface area is 120 Å². The molecule has 0 heterocycles. The summed E-state index contributed by atoms with van der Waals surface area (Å²) in [5.74, 6) is 1.06. The van der Waals surface area contributed by atoms with Gasteiger partial charge in [-0.15, -0.1) is 0 Å². The zero-order valence-corrected chi connectivity index (χ0v) is 12.2. The Balaban J connectivity index is 1.79. The molecule has 1 aliphatic rings. The normalized spacial score (nSPS) is 22.4. The summed E-state index contributed by atoms with van der Waals surface area (Å²) < 4.78 is 5.25. The Morgan fingerprint density at radius 3 is 2.65 bits per heavy atom. The zero-order chi connectivity index (χ0) is 14.4. The van der Waals surface area contributed by atoms with Crippen LogP contribution in [0.1, 0.15) is 38.2 Å². The molecule has 4 N–H and O–H groups in total. The van der Waals surface area contributed by atoms with E-state index in [9.17, 15) is 4.79 Å². The molecule has 1 aromatic rings. The van der Waals surface area contributed by atoms with Gasteiger partial charge < -0.3 is 15.8 Å². The van der Waals surface area contributed by atoms with Crippen LogP contribution in [-0.4, -0.2) is 18.6 Å². The van der Waals surface area contributed by atoms with Crippen LogP contribution in [0.3, 0.4) is 0 Å². The van der Waals surface area contributed by atoms with Crippen LogP contribution in [0, 0.1) is 5.92 Å². The number of benzene rings is 1. The molecule has 0 saturated heterocycles. The molecule has 20 heavy (non-hydrogen) atoms. The van der Waals surface area contributed by atoms with Gasteiger partial charge in [0, 0.05) is 11.5 Å². The second kappa shape index (κ2) is 7.29. The lowest BCUT2D eigenvalue weighted by Gasteiger charge is -2.26. The first kappa shape index (κ1) is 14.9. The number of rotatable bonds is 6. The highest BCUT2D eigenvalue weighted by Gasteiger charge is 2.23. The number of hydrogen-bond acceptors (Lipinski definition) is 2. The first-order valence-electron chi connectivity index (χ1n) is 7.48. The molecule has 110 valence electrons. The fourth-order valence-corrected chi connectivity index (χ4v) is 2.86. The van der Waals surface area contributed by atoms with Gasteiger partial charge in [-0.05, 0) is 43.5 Å². The minimum absolute atomic E-state index is 0.0644. The van der Waals surface area contributed by atoms with Gasteiger partial charge in [0.05, 0.1) is 6.04 Å². The largest absolute Gasteiger partial charge is 0.484 e. The maximum Gasteiger partial charge on any atom is 0.255 e. The third-order valence-corrected chi connectivity index (χ3v) is 4.14. The van der Waals surface area contributed by atoms with Crippen LogP contribution >= 0.6 is 0 Å². The number of amides is 1. The Hall–Kier alpha value is -1.55. The van der Waals surface area contributed by atoms with Crippen molar-refractivity contribution in [2.24, 2.45) is 11.7 Å². The molecule has 0 radical (unpaired) electrons. The van der Waals surface area contributed by atoms with E-state index >= 15 is 0 Å². The van der Waals surface area contributed by atoms with Crippen molar-refractivity contribution in [1.82, 2.24) is 0 Å². The molecule has 4 nitrogen and oxygen atoms in total. The first-order chi connectivity index (χ1) is 9.65. The number of carbonyl (C=O) groups excluding carboxylic acids is 1. The van der Waals surface area contributed by atoms with E-state index in [1.807, 2.05) is 12.1 Å². The van der Waals surface area contributed by atoms with Crippen LogP contribution in [0.4, 0.5) is 0 Å². The number of primary amides is 1. The van der Waals surface area contributed by atoms with Crippen molar-refractivity contribution in [3.63, 3.8) is 0 Å². The Morgan fingerprint density at radius 2 is 2.00 bits per heavy atom. The standard InChI is InChI=1S/C16H24N2O2/c1-12-4-2-3-5-15(12)18-10-13-6-8-14(9-7-13)20-11-16(17)19/h6-9,12,15,18H,2-5,10-11H2,1H3,(H2,17,19)/p+1/t12-,15+/m1/s1. The number of nitrogens with two attached hydrogens (primary N) is 2. The van der Waals surface area contributed by atoms with Crippen molar-refractivity contribution < 1.29 is 14.8 Å². The summed E-state index contributed by atoms with van der Waals surface area (Å²) in [7, 11) is 0. The van der Waals surface area contributed by atoms with Crippen LogP contribution in [0.2, 0.25) is 0 Å². The van der Waals surface area contributed by atoms with Crippen molar-refractivity contribution in [2.75, 3.05) is 6.61 Å². The predicted octanol–water partition coefficient (Wildman–Crippen LogP) is 1.19. The zero-order valence-electron chi connectivity index (χ0n) is 12.2. The minimum atomic E-state index is -0.450. The summed E-state index contributed by atoms with van der Waals surface area (Å²) in [6.07, 6.45) is 5.45. The fourth-order valence-electron chi connectivity index (χ4n) is 2.86. The number of quaternary nitrogens is 1. The molecule has 4 heteroatoms. The van der Waals surface area contributed by atoms with E-state index in [1.165, 1.54) is 31.2 Å². The predicted molar refractivity (Wildman–Crippen MR) is 78.2 cm³/mol. The van der Waals surface area contributed by atoms with Crippen molar-refractivity contribution in [2.45, 2.75) is 45.2 Å². The molecule has 0 aromatic heterocycles. The number of ether oxygens (including phenoxy) is 1. The molecule has 0 spiro atoms. The van der Waals surface area contributed by atoms with E-state index in [4.69, 9.17) is 10.5 Å². The van der Waals surface area contributed by atoms with Gasteiger partial charge in [-0.2, -0.15) is 0 Å². The highest BCUT2D eigenvalue weighted by molar-refractivity contribution is 5.75. The topological polar surface area (TPSA) is 68.9 Å². The number of hydrogen-bond donors (Lipinski definition) is 2. The van der Waals surface area contributed by atoms with E-state index in [2.05, 4.69) is 24.4 Å². The summed E-state index contributed by atoms with van der Waals surface area (Å²) in [6.45, 7) is 3.30. The maximum atomic E-state index is 10.6. The molecule has 0 bridgehead atoms. The second-order valence-corrected chi connectivity index (χ2v) is 5.76. The molecule has 1 aromatic carbocycles. The third-order valence-electron chi connectivity index (χ3n) is 4.14. The maximum absolute atomic E-state index is 10.6. The van der Waals surface area contributed by atoms with E-state index in [0.29, 0.717) is 5.75 Å². The first-order valence-corrected chi connectivity index (χ1v) is 7.48. The van der Waals surface area contributed by atoms with Gasteiger partial charge in [0.2, 0.25) is 0 Å². The Bertz CT molecular complexity index is 431. The smallest absolute Gasteiger partial charge is 0.255 e. The van der Waals surface area contributed by atoms with E-state index in [0.717, 1.165) is 18.5 Å². The van der Waals surface area contributed by atoms with Gasteiger partial charge in [-0.25, -0.2) is 0 Å². The fraction of sp³-hybridized carbons (Fsp3) is 0.562. The molecular weight excluding hydrogens is 252 g/mol. The molecule has 1 fully saturated rings. The number of carbonyl (C=O) groups is 1. The van der Waals surface area contributed by atoms with Gasteiger partial charge in [-0.1, -0.05) is 13.3 Å². The highest BCUT2D eigenvalue weighted by Crippen LogP contribution is 2.21. The van der Waals surface area contributed by atoms with Gasteiger partial charge in [0.25, 0.3) is 5.91 Å². The van der Waals surface area contributed by atoms with Gasteiger partial charge >= 0.3 is 0 Å². The monoisotopic (exact) mass is 277 g/mol. The van der Waals surface area contributed by atoms with Crippen molar-refractivity contribution >= 4 is 5.91 Å². The highest BCUT2D eigenvalue weighted by atomic mass is 16.5. The molecule has 0 unspecified atom stereocenters. The van der Waals surface area contributed by atoms with Crippen LogP contribution in [0.25, 0.3) is 0 Å². The second-order valence-electron chi connectivity index (χ2n) is 5.76. The van der Waals surface area contributed by atoms with Crippen LogP contribution in [0.5, 0.6) is 5.75 Å². The summed E-state index contributed by atoms with van der Waals surface area (Å²) >= 11 is 0. The Morgan fingerprint density at radius 1 is 1.30 bits per heavy atom. The lowest BCUT2D eigenvalue weighted by molar-refractivity contribution is -0.712. The SMILES string of the molecule is C[C@@H]1CCCC[C@@H]1[NH2+]Cc1ccc(OCC(N)=O)cc1. The molecule has 2 atom stereocenters. The lowest BCUT2D eigenvalue weighted by Crippen LogP contribution is -2.90. The Kier molecular flexibility index (Phi) is 5.41. The van der Waals surface area contributed by atoms with Crippen molar-refractivity contribution in [1.29, 1.82) is 0 Å². The summed E-state index contributed by atoms with van der Waals surface area (Å²) in [5, 5.41) is 2.46. The van der Waals surface area contributed by atoms with Gasteiger partial charge in [0.15, 0.2) is 6.61 Å². The van der Waals surface area contributed by atoms with Crippen LogP contribution < -0.4 is 15.8 Å². The summed E-state index contributed by atoms with van der Waals surface area (Å²) in [4.78, 5) is 10.6. The molecule has 2 rings (SSSR count). The van der Waals surface area contributed by atoms with E-state index < -0.39 is 5.91 Å². The van der Waals surface area contributed by atoms with Gasteiger partial charge in [-0.3, -0.25) is 4.79 Å². The quantitative estimate of drug-likeness (QED) is 0.820. The van der Waals surface area contributed by atoms with Crippen LogP contribution in [-0.2, 0) is 11.3 Å².